The molecule has 2 aromatic carbocycles. The summed E-state index contributed by atoms with van der Waals surface area (Å²) < 4.78 is 4.07. The SMILES string of the molecule is CC[NH+](CC)CCn1c(N)[n+](CC(=O)c2ccccc2)c2ccccc21. The molecule has 0 atom stereocenters. The number of carbonyl (C=O) groups is 1. The van der Waals surface area contributed by atoms with Crippen molar-refractivity contribution in [3.8, 4) is 0 Å². The number of rotatable bonds is 8. The van der Waals surface area contributed by atoms with Gasteiger partial charge in [0.1, 0.15) is 30.7 Å². The summed E-state index contributed by atoms with van der Waals surface area (Å²) in [5.41, 5.74) is 9.27. The topological polar surface area (TPSA) is 56.3 Å². The summed E-state index contributed by atoms with van der Waals surface area (Å²) in [7, 11) is 0. The number of benzene rings is 2. The quantitative estimate of drug-likeness (QED) is 0.475. The van der Waals surface area contributed by atoms with E-state index in [0.29, 0.717) is 11.5 Å². The van der Waals surface area contributed by atoms with Crippen molar-refractivity contribution >= 4 is 22.8 Å². The molecule has 0 saturated carbocycles. The van der Waals surface area contributed by atoms with E-state index in [1.165, 1.54) is 4.90 Å². The number of quaternary nitrogens is 1. The van der Waals surface area contributed by atoms with Crippen LogP contribution in [-0.4, -0.2) is 30.0 Å². The number of hydrogen-bond donors (Lipinski definition) is 2. The largest absolute Gasteiger partial charge is 0.356 e. The summed E-state index contributed by atoms with van der Waals surface area (Å²) in [5.74, 6) is 0.710. The molecule has 5 nitrogen and oxygen atoms in total. The Balaban J connectivity index is 1.93. The Hall–Kier alpha value is -2.66. The number of carbonyl (C=O) groups excluding carboxylic acids is 1. The number of nitrogen functional groups attached to an aromatic ring is 1. The van der Waals surface area contributed by atoms with Gasteiger partial charge in [0.05, 0.1) is 13.1 Å². The number of nitrogens with zero attached hydrogens (tertiary/aromatic N) is 2. The summed E-state index contributed by atoms with van der Waals surface area (Å²) in [5, 5.41) is 0. The fourth-order valence-corrected chi connectivity index (χ4v) is 3.45. The van der Waals surface area contributed by atoms with Crippen LogP contribution in [0.25, 0.3) is 11.0 Å². The average Bonchev–Trinajstić information content (AvgIpc) is 2.95. The van der Waals surface area contributed by atoms with Crippen LogP contribution in [-0.2, 0) is 13.1 Å². The van der Waals surface area contributed by atoms with Crippen molar-refractivity contribution in [1.29, 1.82) is 0 Å². The Bertz CT molecular complexity index is 882. The van der Waals surface area contributed by atoms with E-state index >= 15 is 0 Å². The van der Waals surface area contributed by atoms with Gasteiger partial charge in [0.25, 0.3) is 0 Å². The van der Waals surface area contributed by atoms with Crippen LogP contribution < -0.4 is 15.2 Å². The zero-order valence-corrected chi connectivity index (χ0v) is 15.6. The lowest BCUT2D eigenvalue weighted by Crippen LogP contribution is -3.11. The Morgan fingerprint density at radius 3 is 2.38 bits per heavy atom. The predicted octanol–water partition coefficient (Wildman–Crippen LogP) is 1.32. The van der Waals surface area contributed by atoms with E-state index in [1.54, 1.807) is 0 Å². The Morgan fingerprint density at radius 1 is 1.04 bits per heavy atom. The minimum atomic E-state index is 0.0690. The summed E-state index contributed by atoms with van der Waals surface area (Å²) in [6, 6.07) is 17.5. The van der Waals surface area contributed by atoms with Gasteiger partial charge in [0.15, 0.2) is 5.78 Å². The maximum Gasteiger partial charge on any atom is 0.356 e. The second kappa shape index (κ2) is 8.15. The first kappa shape index (κ1) is 18.1. The number of nitrogens with two attached hydrogens (primary N) is 1. The highest BCUT2D eigenvalue weighted by atomic mass is 16.1. The molecule has 5 heteroatoms. The average molecular weight is 352 g/mol. The van der Waals surface area contributed by atoms with Crippen molar-refractivity contribution < 1.29 is 14.3 Å². The Kier molecular flexibility index (Phi) is 5.68. The molecule has 3 aromatic rings. The van der Waals surface area contributed by atoms with Crippen LogP contribution in [0.4, 0.5) is 5.95 Å². The van der Waals surface area contributed by atoms with Crippen molar-refractivity contribution in [1.82, 2.24) is 4.57 Å². The zero-order valence-electron chi connectivity index (χ0n) is 15.6. The molecule has 1 aromatic heterocycles. The highest BCUT2D eigenvalue weighted by molar-refractivity contribution is 5.95. The summed E-state index contributed by atoms with van der Waals surface area (Å²) in [4.78, 5) is 14.2. The third-order valence-electron chi connectivity index (χ3n) is 5.10. The molecular weight excluding hydrogens is 324 g/mol. The van der Waals surface area contributed by atoms with E-state index in [4.69, 9.17) is 5.73 Å². The molecule has 0 fully saturated rings. The predicted molar refractivity (Wildman–Crippen MR) is 104 cm³/mol. The number of anilines is 1. The Morgan fingerprint density at radius 2 is 1.69 bits per heavy atom. The van der Waals surface area contributed by atoms with Crippen molar-refractivity contribution in [2.75, 3.05) is 25.4 Å². The molecule has 0 radical (unpaired) electrons. The fraction of sp³-hybridized carbons (Fsp3) is 0.333. The van der Waals surface area contributed by atoms with Crippen molar-refractivity contribution in [2.24, 2.45) is 0 Å². The van der Waals surface area contributed by atoms with Crippen LogP contribution in [0.15, 0.2) is 54.6 Å². The maximum absolute atomic E-state index is 12.7. The highest BCUT2D eigenvalue weighted by Gasteiger charge is 2.23. The monoisotopic (exact) mass is 352 g/mol. The first-order valence-corrected chi connectivity index (χ1v) is 9.34. The zero-order chi connectivity index (χ0) is 18.5. The van der Waals surface area contributed by atoms with E-state index in [0.717, 1.165) is 37.2 Å². The van der Waals surface area contributed by atoms with Gasteiger partial charge < -0.3 is 4.90 Å². The lowest BCUT2D eigenvalue weighted by Gasteiger charge is -2.14. The number of ketones is 1. The van der Waals surface area contributed by atoms with E-state index in [2.05, 4.69) is 24.5 Å². The van der Waals surface area contributed by atoms with Gasteiger partial charge in [-0.1, -0.05) is 42.5 Å². The minimum absolute atomic E-state index is 0.0690. The van der Waals surface area contributed by atoms with Crippen molar-refractivity contribution in [3.05, 3.63) is 60.2 Å². The number of likely N-dealkylation sites (N-methyl/N-ethyl adjacent to an activating group) is 1. The van der Waals surface area contributed by atoms with Crippen LogP contribution >= 0.6 is 0 Å². The van der Waals surface area contributed by atoms with Crippen LogP contribution in [0.2, 0.25) is 0 Å². The third-order valence-corrected chi connectivity index (χ3v) is 5.10. The number of nitrogens with one attached hydrogen (secondary N) is 1. The second-order valence-corrected chi connectivity index (χ2v) is 6.58. The molecular formula is C21H28N4O+2. The number of para-hydroxylation sites is 2. The lowest BCUT2D eigenvalue weighted by molar-refractivity contribution is -0.897. The van der Waals surface area contributed by atoms with Crippen molar-refractivity contribution in [2.45, 2.75) is 26.9 Å². The normalized spacial score (nSPS) is 11.3. The molecule has 0 aliphatic carbocycles. The standard InChI is InChI=1S/C21H26N4O/c1-3-23(4-2)14-15-24-18-12-8-9-13-19(18)25(21(24)22)16-20(26)17-10-6-5-7-11-17/h5-13,22H,3-4,14-16H2,1-2H3/p+2. The first-order valence-electron chi connectivity index (χ1n) is 9.34. The van der Waals surface area contributed by atoms with Gasteiger partial charge in [0, 0.05) is 5.56 Å². The Labute approximate surface area is 154 Å². The molecule has 0 bridgehead atoms. The van der Waals surface area contributed by atoms with Gasteiger partial charge in [-0.3, -0.25) is 10.5 Å². The van der Waals surface area contributed by atoms with Gasteiger partial charge in [-0.25, -0.2) is 9.13 Å². The molecule has 3 N–H and O–H groups in total. The highest BCUT2D eigenvalue weighted by Crippen LogP contribution is 2.16. The molecule has 26 heavy (non-hydrogen) atoms. The molecule has 136 valence electrons. The van der Waals surface area contributed by atoms with E-state index in [1.807, 2.05) is 53.1 Å². The minimum Gasteiger partial charge on any atom is -0.333 e. The summed E-state index contributed by atoms with van der Waals surface area (Å²) >= 11 is 0. The molecule has 0 unspecified atom stereocenters. The number of imidazole rings is 1. The summed E-state index contributed by atoms with van der Waals surface area (Å²) in [6.07, 6.45) is 0. The smallest absolute Gasteiger partial charge is 0.333 e. The fourth-order valence-electron chi connectivity index (χ4n) is 3.45. The lowest BCUT2D eigenvalue weighted by atomic mass is 10.1. The molecule has 1 heterocycles. The summed E-state index contributed by atoms with van der Waals surface area (Å²) in [6.45, 7) is 8.72. The third kappa shape index (κ3) is 3.63. The van der Waals surface area contributed by atoms with Crippen LogP contribution in [0.3, 0.4) is 0 Å². The van der Waals surface area contributed by atoms with Crippen molar-refractivity contribution in [3.63, 3.8) is 0 Å². The molecule has 0 aliphatic rings. The second-order valence-electron chi connectivity index (χ2n) is 6.58. The van der Waals surface area contributed by atoms with E-state index in [9.17, 15) is 4.79 Å². The number of aromatic nitrogens is 2. The molecule has 0 spiro atoms. The van der Waals surface area contributed by atoms with Crippen LogP contribution in [0.1, 0.15) is 24.2 Å². The van der Waals surface area contributed by atoms with Gasteiger partial charge in [0.2, 0.25) is 0 Å². The number of Topliss-reactive ketones (excluding diaryl/α,β-unsaturated/α-hetero) is 1. The molecule has 0 amide bonds. The molecule has 0 aliphatic heterocycles. The van der Waals surface area contributed by atoms with Gasteiger partial charge in [-0.05, 0) is 26.0 Å². The van der Waals surface area contributed by atoms with Crippen LogP contribution in [0, 0.1) is 0 Å². The molecule has 3 rings (SSSR count). The maximum atomic E-state index is 12.7. The number of hydrogen-bond acceptors (Lipinski definition) is 2. The molecule has 0 saturated heterocycles. The van der Waals surface area contributed by atoms with Crippen LogP contribution in [0.5, 0.6) is 0 Å². The van der Waals surface area contributed by atoms with Gasteiger partial charge in [-0.15, -0.1) is 0 Å². The van der Waals surface area contributed by atoms with Gasteiger partial charge >= 0.3 is 5.95 Å². The van der Waals surface area contributed by atoms with E-state index in [-0.39, 0.29) is 12.3 Å². The first-order chi connectivity index (χ1) is 12.7. The van der Waals surface area contributed by atoms with Gasteiger partial charge in [-0.2, -0.15) is 0 Å². The van der Waals surface area contributed by atoms with E-state index < -0.39 is 0 Å². The number of fused-ring (bicyclic) bond motifs is 1.